The number of anilines is 1. The predicted octanol–water partition coefficient (Wildman–Crippen LogP) is 4.04. The number of methoxy groups -OCH3 is 3. The molecule has 0 unspecified atom stereocenters. The zero-order chi connectivity index (χ0) is 19.1. The van der Waals surface area contributed by atoms with E-state index in [9.17, 15) is 0 Å². The summed E-state index contributed by atoms with van der Waals surface area (Å²) >= 11 is 0. The first-order valence-corrected chi connectivity index (χ1v) is 9.53. The molecule has 3 rings (SSSR count). The van der Waals surface area contributed by atoms with Crippen LogP contribution >= 0.6 is 0 Å². The van der Waals surface area contributed by atoms with Crippen molar-refractivity contribution in [1.29, 1.82) is 0 Å². The Morgan fingerprint density at radius 3 is 2.11 bits per heavy atom. The van der Waals surface area contributed by atoms with Crippen LogP contribution in [-0.4, -0.2) is 45.9 Å². The van der Waals surface area contributed by atoms with Crippen LogP contribution in [0.3, 0.4) is 0 Å². The average Bonchev–Trinajstić information content (AvgIpc) is 2.73. The molecule has 146 valence electrons. The van der Waals surface area contributed by atoms with E-state index in [4.69, 9.17) is 14.2 Å². The van der Waals surface area contributed by atoms with Crippen molar-refractivity contribution >= 4 is 5.69 Å². The van der Waals surface area contributed by atoms with Gasteiger partial charge in [-0.1, -0.05) is 30.3 Å². The first-order chi connectivity index (χ1) is 13.2. The molecule has 0 atom stereocenters. The number of benzene rings is 2. The fraction of sp³-hybridized carbons (Fsp3) is 0.455. The third-order valence-corrected chi connectivity index (χ3v) is 5.22. The third kappa shape index (κ3) is 5.07. The van der Waals surface area contributed by atoms with Gasteiger partial charge in [0.25, 0.3) is 0 Å². The van der Waals surface area contributed by atoms with Gasteiger partial charge in [-0.25, -0.2) is 0 Å². The van der Waals surface area contributed by atoms with Crippen molar-refractivity contribution in [2.75, 3.05) is 46.3 Å². The van der Waals surface area contributed by atoms with Crippen LogP contribution in [0.25, 0.3) is 0 Å². The minimum absolute atomic E-state index is 0.625. The summed E-state index contributed by atoms with van der Waals surface area (Å²) in [7, 11) is 4.91. The normalized spacial score (nSPS) is 15.4. The Labute approximate surface area is 162 Å². The topological polar surface area (TPSA) is 43.0 Å². The molecular weight excluding hydrogens is 340 g/mol. The van der Waals surface area contributed by atoms with Crippen LogP contribution in [0.15, 0.2) is 42.5 Å². The monoisotopic (exact) mass is 370 g/mol. The van der Waals surface area contributed by atoms with Gasteiger partial charge in [0, 0.05) is 30.9 Å². The Morgan fingerprint density at radius 2 is 1.56 bits per heavy atom. The quantitative estimate of drug-likeness (QED) is 0.760. The number of ether oxygens (including phenoxy) is 3. The van der Waals surface area contributed by atoms with E-state index in [0.29, 0.717) is 23.2 Å². The van der Waals surface area contributed by atoms with Crippen LogP contribution in [0.5, 0.6) is 17.2 Å². The zero-order valence-electron chi connectivity index (χ0n) is 16.5. The molecule has 0 amide bonds. The molecule has 5 nitrogen and oxygen atoms in total. The summed E-state index contributed by atoms with van der Waals surface area (Å²) < 4.78 is 16.2. The number of piperidine rings is 1. The van der Waals surface area contributed by atoms with E-state index >= 15 is 0 Å². The van der Waals surface area contributed by atoms with E-state index < -0.39 is 0 Å². The van der Waals surface area contributed by atoms with Gasteiger partial charge in [-0.05, 0) is 37.4 Å². The van der Waals surface area contributed by atoms with Gasteiger partial charge in [0.1, 0.15) is 0 Å². The van der Waals surface area contributed by atoms with Crippen molar-refractivity contribution < 1.29 is 14.2 Å². The molecule has 1 fully saturated rings. The first kappa shape index (κ1) is 19.4. The molecule has 1 N–H and O–H groups in total. The number of nitrogens with zero attached hydrogens (tertiary/aromatic N) is 1. The molecule has 1 saturated heterocycles. The highest BCUT2D eigenvalue weighted by Crippen LogP contribution is 2.40. The second-order valence-corrected chi connectivity index (χ2v) is 7.00. The summed E-state index contributed by atoms with van der Waals surface area (Å²) in [6, 6.07) is 14.6. The van der Waals surface area contributed by atoms with E-state index in [1.165, 1.54) is 18.4 Å². The molecule has 1 heterocycles. The van der Waals surface area contributed by atoms with Gasteiger partial charge >= 0.3 is 0 Å². The van der Waals surface area contributed by atoms with Crippen molar-refractivity contribution in [3.63, 3.8) is 0 Å². The standard InChI is InChI=1S/C22H30N2O3/c1-25-20-13-19(14-21(26-2)22(20)27-3)23-15-17-9-11-24(12-10-17)16-18-7-5-4-6-8-18/h4-8,13-14,17,23H,9-12,15-16H2,1-3H3. The zero-order valence-corrected chi connectivity index (χ0v) is 16.5. The number of rotatable bonds is 8. The van der Waals surface area contributed by atoms with Crippen LogP contribution in [0, 0.1) is 5.92 Å². The number of nitrogens with one attached hydrogen (secondary N) is 1. The van der Waals surface area contributed by atoms with E-state index in [2.05, 4.69) is 40.5 Å². The van der Waals surface area contributed by atoms with Crippen molar-refractivity contribution in [3.8, 4) is 17.2 Å². The summed E-state index contributed by atoms with van der Waals surface area (Å²) in [5, 5.41) is 3.55. The van der Waals surface area contributed by atoms with Crippen molar-refractivity contribution in [2.24, 2.45) is 5.92 Å². The van der Waals surface area contributed by atoms with Crippen LogP contribution in [0.1, 0.15) is 18.4 Å². The molecule has 2 aromatic rings. The predicted molar refractivity (Wildman–Crippen MR) is 109 cm³/mol. The summed E-state index contributed by atoms with van der Waals surface area (Å²) in [4.78, 5) is 2.55. The summed E-state index contributed by atoms with van der Waals surface area (Å²) in [6.45, 7) is 4.30. The lowest BCUT2D eigenvalue weighted by Crippen LogP contribution is -2.35. The minimum Gasteiger partial charge on any atom is -0.493 e. The SMILES string of the molecule is COc1cc(NCC2CCN(Cc3ccccc3)CC2)cc(OC)c1OC. The van der Waals surface area contributed by atoms with Gasteiger partial charge in [-0.15, -0.1) is 0 Å². The van der Waals surface area contributed by atoms with Gasteiger partial charge in [-0.2, -0.15) is 0 Å². The largest absolute Gasteiger partial charge is 0.493 e. The maximum Gasteiger partial charge on any atom is 0.203 e. The van der Waals surface area contributed by atoms with Crippen LogP contribution in [-0.2, 0) is 6.54 Å². The Morgan fingerprint density at radius 1 is 0.926 bits per heavy atom. The fourth-order valence-electron chi connectivity index (χ4n) is 3.64. The van der Waals surface area contributed by atoms with E-state index in [1.807, 2.05) is 12.1 Å². The van der Waals surface area contributed by atoms with E-state index in [1.54, 1.807) is 21.3 Å². The average molecular weight is 370 g/mol. The van der Waals surface area contributed by atoms with Crippen molar-refractivity contribution in [2.45, 2.75) is 19.4 Å². The number of hydrogen-bond donors (Lipinski definition) is 1. The van der Waals surface area contributed by atoms with Gasteiger partial charge in [0.2, 0.25) is 5.75 Å². The lowest BCUT2D eigenvalue weighted by atomic mass is 9.96. The summed E-state index contributed by atoms with van der Waals surface area (Å²) in [5.41, 5.74) is 2.39. The Bertz CT molecular complexity index is 688. The molecule has 5 heteroatoms. The summed E-state index contributed by atoms with van der Waals surface area (Å²) in [5.74, 6) is 2.66. The molecule has 1 aliphatic rings. The third-order valence-electron chi connectivity index (χ3n) is 5.22. The molecule has 0 spiro atoms. The van der Waals surface area contributed by atoms with Gasteiger partial charge in [-0.3, -0.25) is 4.90 Å². The van der Waals surface area contributed by atoms with E-state index in [-0.39, 0.29) is 0 Å². The molecule has 2 aromatic carbocycles. The van der Waals surface area contributed by atoms with Gasteiger partial charge < -0.3 is 19.5 Å². The number of likely N-dealkylation sites (tertiary alicyclic amines) is 1. The highest BCUT2D eigenvalue weighted by Gasteiger charge is 2.20. The smallest absolute Gasteiger partial charge is 0.203 e. The maximum atomic E-state index is 5.43. The Kier molecular flexibility index (Phi) is 6.82. The van der Waals surface area contributed by atoms with Crippen LogP contribution < -0.4 is 19.5 Å². The molecule has 0 aliphatic carbocycles. The lowest BCUT2D eigenvalue weighted by molar-refractivity contribution is 0.182. The molecule has 27 heavy (non-hydrogen) atoms. The second-order valence-electron chi connectivity index (χ2n) is 7.00. The Hall–Kier alpha value is -2.40. The van der Waals surface area contributed by atoms with Crippen molar-refractivity contribution in [1.82, 2.24) is 4.90 Å². The van der Waals surface area contributed by atoms with Gasteiger partial charge in [0.05, 0.1) is 21.3 Å². The second kappa shape index (κ2) is 9.51. The van der Waals surface area contributed by atoms with Crippen LogP contribution in [0.2, 0.25) is 0 Å². The molecule has 0 saturated carbocycles. The first-order valence-electron chi connectivity index (χ1n) is 9.53. The van der Waals surface area contributed by atoms with Crippen LogP contribution in [0.4, 0.5) is 5.69 Å². The van der Waals surface area contributed by atoms with Gasteiger partial charge in [0.15, 0.2) is 11.5 Å². The Balaban J connectivity index is 1.51. The summed E-state index contributed by atoms with van der Waals surface area (Å²) in [6.07, 6.45) is 2.43. The fourth-order valence-corrected chi connectivity index (χ4v) is 3.64. The molecular formula is C22H30N2O3. The molecule has 0 aromatic heterocycles. The molecule has 0 bridgehead atoms. The highest BCUT2D eigenvalue weighted by molar-refractivity contribution is 5.62. The molecule has 1 aliphatic heterocycles. The molecule has 0 radical (unpaired) electrons. The van der Waals surface area contributed by atoms with E-state index in [0.717, 1.165) is 31.9 Å². The number of hydrogen-bond acceptors (Lipinski definition) is 5. The highest BCUT2D eigenvalue weighted by atomic mass is 16.5. The minimum atomic E-state index is 0.625. The van der Waals surface area contributed by atoms with Crippen molar-refractivity contribution in [3.05, 3.63) is 48.0 Å². The lowest BCUT2D eigenvalue weighted by Gasteiger charge is -2.32. The maximum absolute atomic E-state index is 5.43.